The first-order valence-electron chi connectivity index (χ1n) is 5.19. The molecular weight excluding hydrogens is 349 g/mol. The Labute approximate surface area is 117 Å². The van der Waals surface area contributed by atoms with Gasteiger partial charge in [0.25, 0.3) is 0 Å². The van der Waals surface area contributed by atoms with Gasteiger partial charge in [-0.1, -0.05) is 17.7 Å². The molecule has 1 aromatic carbocycles. The van der Waals surface area contributed by atoms with E-state index in [-0.39, 0.29) is 0 Å². The lowest BCUT2D eigenvalue weighted by Gasteiger charge is -2.23. The normalized spacial score (nSPS) is 11.2. The Hall–Kier alpha value is -0.560. The van der Waals surface area contributed by atoms with Gasteiger partial charge in [-0.15, -0.1) is 6.58 Å². The lowest BCUT2D eigenvalue weighted by molar-refractivity contribution is 0.596. The molecule has 0 unspecified atom stereocenters. The van der Waals surface area contributed by atoms with E-state index in [0.29, 0.717) is 13.0 Å². The Morgan fingerprint density at radius 1 is 1.41 bits per heavy atom. The molecule has 17 heavy (non-hydrogen) atoms. The van der Waals surface area contributed by atoms with Crippen molar-refractivity contribution in [2.24, 2.45) is 0 Å². The second kappa shape index (κ2) is 5.86. The first kappa shape index (κ1) is 14.5. The van der Waals surface area contributed by atoms with E-state index in [0.717, 1.165) is 14.8 Å². The number of para-hydroxylation sites is 1. The zero-order valence-corrected chi connectivity index (χ0v) is 13.0. The van der Waals surface area contributed by atoms with Crippen LogP contribution < -0.4 is 4.31 Å². The molecule has 0 spiro atoms. The summed E-state index contributed by atoms with van der Waals surface area (Å²) >= 11 is 2.14. The monoisotopic (exact) mass is 365 g/mol. The predicted octanol–water partition coefficient (Wildman–Crippen LogP) is 3.02. The van der Waals surface area contributed by atoms with Crippen LogP contribution in [0.4, 0.5) is 5.69 Å². The molecule has 0 aliphatic heterocycles. The molecule has 94 valence electrons. The molecule has 0 saturated heterocycles. The fraction of sp³-hybridized carbons (Fsp3) is 0.333. The Bertz CT molecular complexity index is 511. The number of hydrogen-bond donors (Lipinski definition) is 0. The Morgan fingerprint density at radius 2 is 2.00 bits per heavy atom. The molecule has 0 atom stereocenters. The predicted molar refractivity (Wildman–Crippen MR) is 80.8 cm³/mol. The van der Waals surface area contributed by atoms with Crippen LogP contribution in [0, 0.1) is 3.57 Å². The van der Waals surface area contributed by atoms with Crippen LogP contribution in [-0.4, -0.2) is 21.2 Å². The molecule has 0 saturated carbocycles. The van der Waals surface area contributed by atoms with E-state index < -0.39 is 10.0 Å². The topological polar surface area (TPSA) is 37.4 Å². The van der Waals surface area contributed by atoms with Crippen LogP contribution in [0.15, 0.2) is 36.4 Å². The van der Waals surface area contributed by atoms with Crippen molar-refractivity contribution in [1.29, 1.82) is 0 Å². The summed E-state index contributed by atoms with van der Waals surface area (Å²) < 4.78 is 25.9. The molecule has 0 heterocycles. The van der Waals surface area contributed by atoms with Gasteiger partial charge in [-0.2, -0.15) is 0 Å². The third-order valence-electron chi connectivity index (χ3n) is 2.26. The quantitative estimate of drug-likeness (QED) is 0.594. The highest BCUT2D eigenvalue weighted by Crippen LogP contribution is 2.24. The minimum Gasteiger partial charge on any atom is -0.269 e. The van der Waals surface area contributed by atoms with E-state index in [9.17, 15) is 8.42 Å². The summed E-state index contributed by atoms with van der Waals surface area (Å²) in [7, 11) is -3.25. The molecule has 1 rings (SSSR count). The first-order chi connectivity index (χ1) is 7.82. The lowest BCUT2D eigenvalue weighted by atomic mass is 10.2. The largest absolute Gasteiger partial charge is 0.269 e. The zero-order valence-electron chi connectivity index (χ0n) is 9.98. The molecule has 0 N–H and O–H groups in total. The van der Waals surface area contributed by atoms with Crippen LogP contribution >= 0.6 is 22.6 Å². The van der Waals surface area contributed by atoms with Crippen LogP contribution in [0.1, 0.15) is 13.3 Å². The molecule has 0 aliphatic rings. The molecule has 0 bridgehead atoms. The van der Waals surface area contributed by atoms with Gasteiger partial charge in [-0.25, -0.2) is 8.42 Å². The second-order valence-corrected chi connectivity index (χ2v) is 7.06. The molecule has 0 aromatic heterocycles. The summed E-state index contributed by atoms with van der Waals surface area (Å²) in [6, 6.07) is 7.46. The Morgan fingerprint density at radius 3 is 2.47 bits per heavy atom. The van der Waals surface area contributed by atoms with E-state index in [1.54, 1.807) is 0 Å². The van der Waals surface area contributed by atoms with Crippen molar-refractivity contribution in [3.63, 3.8) is 0 Å². The lowest BCUT2D eigenvalue weighted by Crippen LogP contribution is -2.31. The van der Waals surface area contributed by atoms with Crippen molar-refractivity contribution in [3.8, 4) is 0 Å². The van der Waals surface area contributed by atoms with Crippen molar-refractivity contribution in [1.82, 2.24) is 0 Å². The smallest absolute Gasteiger partial charge is 0.232 e. The van der Waals surface area contributed by atoms with E-state index in [1.807, 2.05) is 31.2 Å². The maximum Gasteiger partial charge on any atom is 0.232 e. The van der Waals surface area contributed by atoms with Crippen molar-refractivity contribution in [3.05, 3.63) is 40.0 Å². The van der Waals surface area contributed by atoms with Crippen LogP contribution in [0.5, 0.6) is 0 Å². The summed E-state index contributed by atoms with van der Waals surface area (Å²) in [6.07, 6.45) is 1.90. The van der Waals surface area contributed by atoms with Gasteiger partial charge in [0.05, 0.1) is 11.9 Å². The van der Waals surface area contributed by atoms with Crippen molar-refractivity contribution in [2.45, 2.75) is 13.3 Å². The number of sulfonamides is 1. The van der Waals surface area contributed by atoms with E-state index in [2.05, 4.69) is 29.2 Å². The minimum atomic E-state index is -3.25. The van der Waals surface area contributed by atoms with Gasteiger partial charge >= 0.3 is 0 Å². The van der Waals surface area contributed by atoms with Gasteiger partial charge in [0.15, 0.2) is 0 Å². The average Bonchev–Trinajstić information content (AvgIpc) is 2.18. The number of hydrogen-bond acceptors (Lipinski definition) is 2. The van der Waals surface area contributed by atoms with Crippen molar-refractivity contribution in [2.75, 3.05) is 17.1 Å². The minimum absolute atomic E-state index is 0.439. The van der Waals surface area contributed by atoms with Gasteiger partial charge in [-0.05, 0) is 48.1 Å². The average molecular weight is 365 g/mol. The fourth-order valence-electron chi connectivity index (χ4n) is 1.41. The highest BCUT2D eigenvalue weighted by atomic mass is 127. The van der Waals surface area contributed by atoms with Crippen LogP contribution in [-0.2, 0) is 10.0 Å². The van der Waals surface area contributed by atoms with E-state index in [1.165, 1.54) is 10.6 Å². The second-order valence-electron chi connectivity index (χ2n) is 3.99. The number of halogens is 1. The Kier molecular flexibility index (Phi) is 5.00. The summed E-state index contributed by atoms with van der Waals surface area (Å²) in [5.41, 5.74) is 1.71. The van der Waals surface area contributed by atoms with E-state index >= 15 is 0 Å². The van der Waals surface area contributed by atoms with Gasteiger partial charge in [0.2, 0.25) is 10.0 Å². The number of nitrogens with zero attached hydrogens (tertiary/aromatic N) is 1. The van der Waals surface area contributed by atoms with Crippen molar-refractivity contribution < 1.29 is 8.42 Å². The number of anilines is 1. The van der Waals surface area contributed by atoms with E-state index in [4.69, 9.17) is 0 Å². The first-order valence-corrected chi connectivity index (χ1v) is 8.11. The number of benzene rings is 1. The molecule has 0 amide bonds. The molecule has 0 aliphatic carbocycles. The zero-order chi connectivity index (χ0) is 13.1. The molecule has 3 nitrogen and oxygen atoms in total. The highest BCUT2D eigenvalue weighted by Gasteiger charge is 2.18. The van der Waals surface area contributed by atoms with Crippen LogP contribution in [0.25, 0.3) is 0 Å². The van der Waals surface area contributed by atoms with Crippen LogP contribution in [0.2, 0.25) is 0 Å². The highest BCUT2D eigenvalue weighted by molar-refractivity contribution is 14.1. The van der Waals surface area contributed by atoms with Gasteiger partial charge in [0, 0.05) is 10.1 Å². The van der Waals surface area contributed by atoms with Gasteiger partial charge in [-0.3, -0.25) is 4.31 Å². The number of rotatable bonds is 5. The third-order valence-corrected chi connectivity index (χ3v) is 4.36. The fourth-order valence-corrected chi connectivity index (χ4v) is 3.19. The molecule has 1 aromatic rings. The third kappa shape index (κ3) is 4.31. The summed E-state index contributed by atoms with van der Waals surface area (Å²) in [6.45, 7) is 6.14. The van der Waals surface area contributed by atoms with Crippen molar-refractivity contribution >= 4 is 38.3 Å². The molecule has 0 radical (unpaired) electrons. The van der Waals surface area contributed by atoms with Gasteiger partial charge < -0.3 is 0 Å². The standard InChI is InChI=1S/C12H16INO2S/c1-10(2)8-9-14(17(3,15)16)12-7-5-4-6-11(12)13/h4-7H,1,8-9H2,2-3H3. The summed E-state index contributed by atoms with van der Waals surface area (Å²) in [5.74, 6) is 0. The molecule has 5 heteroatoms. The van der Waals surface area contributed by atoms with Gasteiger partial charge in [0.1, 0.15) is 0 Å². The maximum atomic E-state index is 11.8. The maximum absolute atomic E-state index is 11.8. The summed E-state index contributed by atoms with van der Waals surface area (Å²) in [4.78, 5) is 0. The molecule has 0 fully saturated rings. The Balaban J connectivity index is 3.08. The molecular formula is C12H16INO2S. The van der Waals surface area contributed by atoms with Crippen LogP contribution in [0.3, 0.4) is 0 Å². The summed E-state index contributed by atoms with van der Waals surface area (Å²) in [5, 5.41) is 0. The SMILES string of the molecule is C=C(C)CCN(c1ccccc1I)S(C)(=O)=O.